The molecule has 0 saturated carbocycles. The molecule has 6 nitrogen and oxygen atoms in total. The topological polar surface area (TPSA) is 71.4 Å². The first-order valence-electron chi connectivity index (χ1n) is 6.46. The number of nitrogens with two attached hydrogens (primary N) is 1. The Labute approximate surface area is 122 Å². The Hall–Kier alpha value is -1.79. The first-order chi connectivity index (χ1) is 9.63. The first-order valence-corrected chi connectivity index (χ1v) is 6.84. The molecule has 1 aromatic carbocycles. The highest BCUT2D eigenvalue weighted by Gasteiger charge is 2.20. The number of rotatable bonds is 2. The second-order valence-electron chi connectivity index (χ2n) is 4.92. The van der Waals surface area contributed by atoms with Gasteiger partial charge in [0.05, 0.1) is 5.56 Å². The highest BCUT2D eigenvalue weighted by Crippen LogP contribution is 2.28. The van der Waals surface area contributed by atoms with Crippen LogP contribution < -0.4 is 10.6 Å². The van der Waals surface area contributed by atoms with Crippen LogP contribution in [-0.4, -0.2) is 48.3 Å². The Kier molecular flexibility index (Phi) is 3.50. The van der Waals surface area contributed by atoms with Gasteiger partial charge in [0.15, 0.2) is 0 Å². The number of nitrogens with zero attached hydrogens (tertiary/aromatic N) is 4. The van der Waals surface area contributed by atoms with Gasteiger partial charge < -0.3 is 20.1 Å². The molecule has 3 rings (SSSR count). The van der Waals surface area contributed by atoms with Crippen molar-refractivity contribution in [3.63, 3.8) is 0 Å². The van der Waals surface area contributed by atoms with Crippen LogP contribution in [0.3, 0.4) is 0 Å². The second-order valence-corrected chi connectivity index (χ2v) is 5.36. The van der Waals surface area contributed by atoms with Crippen LogP contribution in [0.5, 0.6) is 0 Å². The van der Waals surface area contributed by atoms with E-state index in [9.17, 15) is 0 Å². The predicted octanol–water partition coefficient (Wildman–Crippen LogP) is 1.72. The van der Waals surface area contributed by atoms with Gasteiger partial charge >= 0.3 is 0 Å². The van der Waals surface area contributed by atoms with Crippen molar-refractivity contribution in [3.8, 4) is 11.5 Å². The summed E-state index contributed by atoms with van der Waals surface area (Å²) in [6, 6.07) is 5.22. The van der Waals surface area contributed by atoms with Crippen LogP contribution in [-0.2, 0) is 0 Å². The highest BCUT2D eigenvalue weighted by molar-refractivity contribution is 6.31. The average Bonchev–Trinajstić information content (AvgIpc) is 2.89. The van der Waals surface area contributed by atoms with Crippen LogP contribution >= 0.6 is 11.6 Å². The maximum atomic E-state index is 5.93. The molecule has 0 aliphatic carbocycles. The van der Waals surface area contributed by atoms with Gasteiger partial charge in [-0.2, -0.15) is 4.98 Å². The van der Waals surface area contributed by atoms with E-state index < -0.39 is 0 Å². The van der Waals surface area contributed by atoms with E-state index in [1.807, 2.05) is 0 Å². The minimum atomic E-state index is 0.424. The van der Waals surface area contributed by atoms with Crippen LogP contribution in [0.25, 0.3) is 11.5 Å². The van der Waals surface area contributed by atoms with Crippen molar-refractivity contribution < 1.29 is 4.52 Å². The van der Waals surface area contributed by atoms with Crippen molar-refractivity contribution in [2.75, 3.05) is 43.9 Å². The third-order valence-corrected chi connectivity index (χ3v) is 3.68. The normalized spacial score (nSPS) is 16.6. The molecular formula is C13H16ClN5O. The lowest BCUT2D eigenvalue weighted by Gasteiger charge is -2.31. The number of nitrogen functional groups attached to an aromatic ring is 1. The molecule has 0 bridgehead atoms. The van der Waals surface area contributed by atoms with E-state index in [0.29, 0.717) is 28.1 Å². The van der Waals surface area contributed by atoms with Crippen LogP contribution in [0.2, 0.25) is 5.02 Å². The monoisotopic (exact) mass is 293 g/mol. The Morgan fingerprint density at radius 2 is 2.00 bits per heavy atom. The van der Waals surface area contributed by atoms with Crippen molar-refractivity contribution in [2.45, 2.75) is 0 Å². The second kappa shape index (κ2) is 5.30. The minimum absolute atomic E-state index is 0.424. The van der Waals surface area contributed by atoms with Crippen molar-refractivity contribution >= 4 is 23.2 Å². The molecule has 1 aliphatic heterocycles. The number of benzene rings is 1. The van der Waals surface area contributed by atoms with Crippen molar-refractivity contribution in [3.05, 3.63) is 23.2 Å². The van der Waals surface area contributed by atoms with Crippen LogP contribution in [0.1, 0.15) is 0 Å². The van der Waals surface area contributed by atoms with E-state index in [1.165, 1.54) is 0 Å². The third kappa shape index (κ3) is 2.57. The molecule has 0 radical (unpaired) electrons. The van der Waals surface area contributed by atoms with Gasteiger partial charge in [-0.05, 0) is 30.4 Å². The molecule has 0 unspecified atom stereocenters. The van der Waals surface area contributed by atoms with Crippen molar-refractivity contribution in [1.82, 2.24) is 15.0 Å². The molecule has 1 aliphatic rings. The van der Waals surface area contributed by atoms with Gasteiger partial charge in [-0.3, -0.25) is 0 Å². The van der Waals surface area contributed by atoms with E-state index in [4.69, 9.17) is 21.9 Å². The Morgan fingerprint density at radius 1 is 1.25 bits per heavy atom. The summed E-state index contributed by atoms with van der Waals surface area (Å²) in [7, 11) is 2.10. The van der Waals surface area contributed by atoms with E-state index in [-0.39, 0.29) is 0 Å². The maximum Gasteiger partial charge on any atom is 0.266 e. The molecule has 1 fully saturated rings. The number of piperazine rings is 1. The summed E-state index contributed by atoms with van der Waals surface area (Å²) in [5, 5.41) is 4.63. The molecule has 106 valence electrons. The molecule has 2 aromatic rings. The first kappa shape index (κ1) is 13.2. The Balaban J connectivity index is 1.83. The van der Waals surface area contributed by atoms with Gasteiger partial charge in [-0.1, -0.05) is 11.6 Å². The molecule has 0 spiro atoms. The third-order valence-electron chi connectivity index (χ3n) is 3.45. The summed E-state index contributed by atoms with van der Waals surface area (Å²) in [6.45, 7) is 3.77. The van der Waals surface area contributed by atoms with Crippen LogP contribution in [0.15, 0.2) is 22.7 Å². The number of aromatic nitrogens is 2. The van der Waals surface area contributed by atoms with Crippen molar-refractivity contribution in [1.29, 1.82) is 0 Å². The summed E-state index contributed by atoms with van der Waals surface area (Å²) in [5.74, 6) is 1.04. The molecule has 1 aromatic heterocycles. The number of hydrogen-bond donors (Lipinski definition) is 1. The number of anilines is 2. The van der Waals surface area contributed by atoms with E-state index in [0.717, 1.165) is 26.2 Å². The summed E-state index contributed by atoms with van der Waals surface area (Å²) in [4.78, 5) is 8.81. The SMILES string of the molecule is CN1CCN(c2noc(-c3ccc(Cl)cc3N)n2)CC1. The highest BCUT2D eigenvalue weighted by atomic mass is 35.5. The van der Waals surface area contributed by atoms with Gasteiger partial charge in [-0.15, -0.1) is 0 Å². The molecule has 2 N–H and O–H groups in total. The van der Waals surface area contributed by atoms with E-state index in [1.54, 1.807) is 18.2 Å². The quantitative estimate of drug-likeness (QED) is 0.850. The van der Waals surface area contributed by atoms with Gasteiger partial charge in [-0.25, -0.2) is 0 Å². The lowest BCUT2D eigenvalue weighted by atomic mass is 10.2. The number of hydrogen-bond acceptors (Lipinski definition) is 6. The summed E-state index contributed by atoms with van der Waals surface area (Å²) >= 11 is 5.89. The molecule has 2 heterocycles. The van der Waals surface area contributed by atoms with Crippen LogP contribution in [0, 0.1) is 0 Å². The summed E-state index contributed by atoms with van der Waals surface area (Å²) < 4.78 is 5.31. The smallest absolute Gasteiger partial charge is 0.266 e. The zero-order chi connectivity index (χ0) is 14.1. The zero-order valence-corrected chi connectivity index (χ0v) is 12.0. The fraction of sp³-hybridized carbons (Fsp3) is 0.385. The maximum absolute atomic E-state index is 5.93. The van der Waals surface area contributed by atoms with Gasteiger partial charge in [0, 0.05) is 36.9 Å². The minimum Gasteiger partial charge on any atom is -0.398 e. The predicted molar refractivity (Wildman–Crippen MR) is 78.9 cm³/mol. The molecule has 0 atom stereocenters. The standard InChI is InChI=1S/C13H16ClN5O/c1-18-4-6-19(7-5-18)13-16-12(20-17-13)10-3-2-9(14)8-11(10)15/h2-3,8H,4-7,15H2,1H3. The molecule has 7 heteroatoms. The zero-order valence-electron chi connectivity index (χ0n) is 11.2. The summed E-state index contributed by atoms with van der Waals surface area (Å²) in [6.07, 6.45) is 0. The molecule has 1 saturated heterocycles. The van der Waals surface area contributed by atoms with Gasteiger partial charge in [0.25, 0.3) is 11.8 Å². The average molecular weight is 294 g/mol. The molecule has 20 heavy (non-hydrogen) atoms. The van der Waals surface area contributed by atoms with E-state index in [2.05, 4.69) is 27.0 Å². The van der Waals surface area contributed by atoms with Gasteiger partial charge in [0.2, 0.25) is 0 Å². The largest absolute Gasteiger partial charge is 0.398 e. The Morgan fingerprint density at radius 3 is 2.70 bits per heavy atom. The van der Waals surface area contributed by atoms with Gasteiger partial charge in [0.1, 0.15) is 0 Å². The molecule has 0 amide bonds. The number of halogens is 1. The fourth-order valence-electron chi connectivity index (χ4n) is 2.19. The van der Waals surface area contributed by atoms with Crippen LogP contribution in [0.4, 0.5) is 11.6 Å². The lowest BCUT2D eigenvalue weighted by molar-refractivity contribution is 0.309. The summed E-state index contributed by atoms with van der Waals surface area (Å²) in [5.41, 5.74) is 7.17. The lowest BCUT2D eigenvalue weighted by Crippen LogP contribution is -2.44. The molecular weight excluding hydrogens is 278 g/mol. The fourth-order valence-corrected chi connectivity index (χ4v) is 2.37. The van der Waals surface area contributed by atoms with E-state index >= 15 is 0 Å². The number of likely N-dealkylation sites (N-methyl/N-ethyl adjacent to an activating group) is 1. The Bertz CT molecular complexity index is 607. The van der Waals surface area contributed by atoms with Crippen molar-refractivity contribution in [2.24, 2.45) is 0 Å².